The first kappa shape index (κ1) is 22.1. The molecule has 0 aliphatic carbocycles. The third-order valence-corrected chi connectivity index (χ3v) is 6.68. The highest BCUT2D eigenvalue weighted by Gasteiger charge is 2.30. The van der Waals surface area contributed by atoms with Crippen molar-refractivity contribution in [3.63, 3.8) is 0 Å². The van der Waals surface area contributed by atoms with E-state index in [9.17, 15) is 13.2 Å². The van der Waals surface area contributed by atoms with E-state index in [1.807, 2.05) is 20.8 Å². The Morgan fingerprint density at radius 1 is 0.933 bits per heavy atom. The molecule has 1 fully saturated rings. The Balaban J connectivity index is 1.61. The van der Waals surface area contributed by atoms with Crippen molar-refractivity contribution >= 4 is 15.9 Å². The number of ether oxygens (including phenoxy) is 2. The average Bonchev–Trinajstić information content (AvgIpc) is 2.74. The molecule has 8 heteroatoms. The quantitative estimate of drug-likeness (QED) is 0.672. The molecule has 0 spiro atoms. The fraction of sp³-hybridized carbons (Fsp3) is 0.409. The van der Waals surface area contributed by atoms with Gasteiger partial charge in [0, 0.05) is 31.7 Å². The second-order valence-corrected chi connectivity index (χ2v) is 9.23. The molecule has 7 nitrogen and oxygen atoms in total. The number of rotatable bonds is 7. The van der Waals surface area contributed by atoms with Crippen LogP contribution in [0.3, 0.4) is 0 Å². The highest BCUT2D eigenvalue weighted by Crippen LogP contribution is 2.22. The van der Waals surface area contributed by atoms with Crippen molar-refractivity contribution in [1.82, 2.24) is 9.21 Å². The first-order chi connectivity index (χ1) is 14.3. The number of amides is 1. The molecule has 0 unspecified atom stereocenters. The van der Waals surface area contributed by atoms with Gasteiger partial charge < -0.3 is 14.4 Å². The van der Waals surface area contributed by atoms with Crippen LogP contribution in [0.1, 0.15) is 31.1 Å². The van der Waals surface area contributed by atoms with Gasteiger partial charge in [-0.05, 0) is 69.3 Å². The second-order valence-electron chi connectivity index (χ2n) is 7.29. The molecule has 0 radical (unpaired) electrons. The monoisotopic (exact) mass is 432 g/mol. The average molecular weight is 433 g/mol. The van der Waals surface area contributed by atoms with Gasteiger partial charge in [0.05, 0.1) is 17.6 Å². The normalized spacial score (nSPS) is 15.3. The molecule has 0 bridgehead atoms. The van der Waals surface area contributed by atoms with Crippen LogP contribution in [0.2, 0.25) is 0 Å². The van der Waals surface area contributed by atoms with Crippen LogP contribution in [0.4, 0.5) is 0 Å². The Kier molecular flexibility index (Phi) is 6.99. The molecule has 1 amide bonds. The van der Waals surface area contributed by atoms with Crippen LogP contribution < -0.4 is 9.47 Å². The zero-order chi connectivity index (χ0) is 21.7. The molecule has 1 aliphatic heterocycles. The molecule has 0 atom stereocenters. The van der Waals surface area contributed by atoms with Gasteiger partial charge in [-0.3, -0.25) is 4.79 Å². The SMILES string of the molecule is CCOc1ccc(S(=O)(=O)N2CCN(C(=O)c3ccc(OC(C)C)cc3)CC2)cc1. The fourth-order valence-corrected chi connectivity index (χ4v) is 4.71. The number of hydrogen-bond acceptors (Lipinski definition) is 5. The van der Waals surface area contributed by atoms with Gasteiger partial charge in [-0.25, -0.2) is 8.42 Å². The molecular weight excluding hydrogens is 404 g/mol. The van der Waals surface area contributed by atoms with Crippen LogP contribution in [0.25, 0.3) is 0 Å². The van der Waals surface area contributed by atoms with Crippen LogP contribution >= 0.6 is 0 Å². The van der Waals surface area contributed by atoms with E-state index in [-0.39, 0.29) is 30.0 Å². The zero-order valence-corrected chi connectivity index (χ0v) is 18.4. The van der Waals surface area contributed by atoms with E-state index in [0.717, 1.165) is 0 Å². The van der Waals surface area contributed by atoms with Crippen LogP contribution in [0.15, 0.2) is 53.4 Å². The smallest absolute Gasteiger partial charge is 0.253 e. The predicted octanol–water partition coefficient (Wildman–Crippen LogP) is 3.02. The van der Waals surface area contributed by atoms with Gasteiger partial charge in [0.15, 0.2) is 0 Å². The van der Waals surface area contributed by atoms with Crippen molar-refractivity contribution < 1.29 is 22.7 Å². The van der Waals surface area contributed by atoms with Crippen molar-refractivity contribution in [2.75, 3.05) is 32.8 Å². The number of hydrogen-bond donors (Lipinski definition) is 0. The van der Waals surface area contributed by atoms with E-state index in [2.05, 4.69) is 0 Å². The fourth-order valence-electron chi connectivity index (χ4n) is 3.29. The summed E-state index contributed by atoms with van der Waals surface area (Å²) in [6.07, 6.45) is 0.0666. The summed E-state index contributed by atoms with van der Waals surface area (Å²) in [6, 6.07) is 13.5. The highest BCUT2D eigenvalue weighted by atomic mass is 32.2. The Hall–Kier alpha value is -2.58. The molecular formula is C22H28N2O5S. The zero-order valence-electron chi connectivity index (χ0n) is 17.6. The number of nitrogens with zero attached hydrogens (tertiary/aromatic N) is 2. The molecule has 2 aromatic rings. The van der Waals surface area contributed by atoms with Crippen LogP contribution in [-0.4, -0.2) is 62.4 Å². The molecule has 30 heavy (non-hydrogen) atoms. The van der Waals surface area contributed by atoms with E-state index < -0.39 is 10.0 Å². The van der Waals surface area contributed by atoms with Crippen molar-refractivity contribution in [1.29, 1.82) is 0 Å². The number of piperazine rings is 1. The third kappa shape index (κ3) is 5.12. The maximum Gasteiger partial charge on any atom is 0.253 e. The third-order valence-electron chi connectivity index (χ3n) is 4.77. The molecule has 3 rings (SSSR count). The summed E-state index contributed by atoms with van der Waals surface area (Å²) < 4.78 is 38.2. The first-order valence-electron chi connectivity index (χ1n) is 10.1. The van der Waals surface area contributed by atoms with E-state index in [1.54, 1.807) is 53.4 Å². The lowest BCUT2D eigenvalue weighted by atomic mass is 10.2. The summed E-state index contributed by atoms with van der Waals surface area (Å²) in [4.78, 5) is 14.7. The first-order valence-corrected chi connectivity index (χ1v) is 11.5. The summed E-state index contributed by atoms with van der Waals surface area (Å²) >= 11 is 0. The summed E-state index contributed by atoms with van der Waals surface area (Å²) in [7, 11) is -3.60. The van der Waals surface area contributed by atoms with Crippen molar-refractivity contribution in [3.05, 3.63) is 54.1 Å². The summed E-state index contributed by atoms with van der Waals surface area (Å²) in [5.74, 6) is 1.24. The molecule has 162 valence electrons. The number of sulfonamides is 1. The van der Waals surface area contributed by atoms with E-state index in [4.69, 9.17) is 9.47 Å². The van der Waals surface area contributed by atoms with Crippen molar-refractivity contribution in [3.8, 4) is 11.5 Å². The maximum absolute atomic E-state index is 12.9. The molecule has 1 aliphatic rings. The second kappa shape index (κ2) is 9.49. The van der Waals surface area contributed by atoms with Gasteiger partial charge in [0.25, 0.3) is 5.91 Å². The largest absolute Gasteiger partial charge is 0.494 e. The number of benzene rings is 2. The molecule has 0 aromatic heterocycles. The van der Waals surface area contributed by atoms with Gasteiger partial charge in [0.1, 0.15) is 11.5 Å². The topological polar surface area (TPSA) is 76.2 Å². The van der Waals surface area contributed by atoms with Crippen LogP contribution in [0.5, 0.6) is 11.5 Å². The van der Waals surface area contributed by atoms with Gasteiger partial charge in [-0.2, -0.15) is 4.31 Å². The Morgan fingerprint density at radius 3 is 2.03 bits per heavy atom. The van der Waals surface area contributed by atoms with Gasteiger partial charge >= 0.3 is 0 Å². The van der Waals surface area contributed by atoms with Crippen LogP contribution in [0, 0.1) is 0 Å². The summed E-state index contributed by atoms with van der Waals surface area (Å²) in [6.45, 7) is 7.50. The Morgan fingerprint density at radius 2 is 1.50 bits per heavy atom. The van der Waals surface area contributed by atoms with Gasteiger partial charge in [0.2, 0.25) is 10.0 Å². The molecule has 2 aromatic carbocycles. The van der Waals surface area contributed by atoms with E-state index >= 15 is 0 Å². The Bertz CT molecular complexity index is 948. The minimum Gasteiger partial charge on any atom is -0.494 e. The minimum absolute atomic E-state index is 0.0666. The highest BCUT2D eigenvalue weighted by molar-refractivity contribution is 7.89. The molecule has 1 saturated heterocycles. The van der Waals surface area contributed by atoms with E-state index in [1.165, 1.54) is 4.31 Å². The minimum atomic E-state index is -3.60. The van der Waals surface area contributed by atoms with Crippen molar-refractivity contribution in [2.45, 2.75) is 31.8 Å². The number of carbonyl (C=O) groups excluding carboxylic acids is 1. The standard InChI is InChI=1S/C22H28N2O5S/c1-4-28-19-9-11-21(12-10-19)30(26,27)24-15-13-23(14-16-24)22(25)18-5-7-20(8-6-18)29-17(2)3/h5-12,17H,4,13-16H2,1-3H3. The van der Waals surface area contributed by atoms with Crippen LogP contribution in [-0.2, 0) is 10.0 Å². The lowest BCUT2D eigenvalue weighted by molar-refractivity contribution is 0.0698. The van der Waals surface area contributed by atoms with Gasteiger partial charge in [-0.1, -0.05) is 0 Å². The lowest BCUT2D eigenvalue weighted by Crippen LogP contribution is -2.50. The Labute approximate surface area is 178 Å². The summed E-state index contributed by atoms with van der Waals surface area (Å²) in [5.41, 5.74) is 0.564. The predicted molar refractivity (Wildman–Crippen MR) is 114 cm³/mol. The van der Waals surface area contributed by atoms with Gasteiger partial charge in [-0.15, -0.1) is 0 Å². The van der Waals surface area contributed by atoms with E-state index in [0.29, 0.717) is 36.8 Å². The lowest BCUT2D eigenvalue weighted by Gasteiger charge is -2.34. The number of carbonyl (C=O) groups is 1. The molecule has 0 saturated carbocycles. The molecule has 0 N–H and O–H groups in total. The van der Waals surface area contributed by atoms with Crippen molar-refractivity contribution in [2.24, 2.45) is 0 Å². The summed E-state index contributed by atoms with van der Waals surface area (Å²) in [5, 5.41) is 0. The molecule has 1 heterocycles. The maximum atomic E-state index is 12.9.